The van der Waals surface area contributed by atoms with Gasteiger partial charge in [0.1, 0.15) is 21.3 Å². The van der Waals surface area contributed by atoms with Gasteiger partial charge in [-0.1, -0.05) is 0 Å². The topological polar surface area (TPSA) is 82.5 Å². The molecule has 1 N–H and O–H groups in total. The molecule has 4 aromatic rings. The summed E-state index contributed by atoms with van der Waals surface area (Å²) in [7, 11) is 0. The number of esters is 1. The van der Waals surface area contributed by atoms with Crippen LogP contribution in [0.1, 0.15) is 15.4 Å². The number of thiophene rings is 1. The van der Waals surface area contributed by atoms with Crippen molar-refractivity contribution in [2.24, 2.45) is 0 Å². The second-order valence-corrected chi connectivity index (χ2v) is 8.03. The number of hydrogen-bond acceptors (Lipinski definition) is 6. The number of aryl methyl sites for hydroxylation is 1. The van der Waals surface area contributed by atoms with E-state index in [0.29, 0.717) is 21.6 Å². The lowest BCUT2D eigenvalue weighted by Crippen LogP contribution is -2.20. The van der Waals surface area contributed by atoms with Gasteiger partial charge in [0.25, 0.3) is 5.91 Å². The second-order valence-electron chi connectivity index (χ2n) is 7.00. The lowest BCUT2D eigenvalue weighted by molar-refractivity contribution is -0.274. The van der Waals surface area contributed by atoms with E-state index in [2.05, 4.69) is 15.2 Å². The van der Waals surface area contributed by atoms with Gasteiger partial charge in [0.05, 0.1) is 11.4 Å². The van der Waals surface area contributed by atoms with E-state index in [-0.39, 0.29) is 16.4 Å². The number of ether oxygens (including phenoxy) is 2. The molecule has 1 amide bonds. The van der Waals surface area contributed by atoms with Crippen LogP contribution in [0.4, 0.5) is 23.2 Å². The molecule has 4 rings (SSSR count). The fourth-order valence-corrected chi connectivity index (χ4v) is 4.12. The molecule has 0 aliphatic heterocycles. The molecule has 2 aromatic carbocycles. The summed E-state index contributed by atoms with van der Waals surface area (Å²) in [6.07, 6.45) is -4.82. The minimum Gasteiger partial charge on any atom is -0.451 e. The van der Waals surface area contributed by atoms with Gasteiger partial charge < -0.3 is 14.8 Å². The Kier molecular flexibility index (Phi) is 6.24. The van der Waals surface area contributed by atoms with Crippen LogP contribution in [0, 0.1) is 12.7 Å². The molecule has 0 bridgehead atoms. The zero-order valence-corrected chi connectivity index (χ0v) is 18.2. The number of nitrogens with one attached hydrogen (secondary N) is 1. The standard InChI is InChI=1S/C22H15F4N3O4S/c1-12-17-10-18(34-20(17)29(28-12)15-6-2-13(23)3-7-15)21(31)32-11-19(30)27-14-4-8-16(9-5-14)33-22(24,25)26/h2-10H,11H2,1H3,(H,27,30). The average Bonchev–Trinajstić information content (AvgIpc) is 3.34. The molecule has 12 heteroatoms. The fourth-order valence-electron chi connectivity index (χ4n) is 3.04. The van der Waals surface area contributed by atoms with Crippen molar-refractivity contribution < 1.29 is 36.6 Å². The molecule has 0 saturated carbocycles. The number of amides is 1. The second kappa shape index (κ2) is 9.14. The van der Waals surface area contributed by atoms with Gasteiger partial charge in [-0.05, 0) is 61.5 Å². The van der Waals surface area contributed by atoms with Crippen molar-refractivity contribution in [2.75, 3.05) is 11.9 Å². The van der Waals surface area contributed by atoms with Gasteiger partial charge in [0.2, 0.25) is 0 Å². The van der Waals surface area contributed by atoms with Crippen molar-refractivity contribution >= 4 is 39.1 Å². The Labute approximate surface area is 193 Å². The molecule has 0 aliphatic carbocycles. The molecular weight excluding hydrogens is 478 g/mol. The number of carbonyl (C=O) groups excluding carboxylic acids is 2. The number of fused-ring (bicyclic) bond motifs is 1. The van der Waals surface area contributed by atoms with Crippen LogP contribution in [0.5, 0.6) is 5.75 Å². The molecular formula is C22H15F4N3O4S. The zero-order chi connectivity index (χ0) is 24.5. The van der Waals surface area contributed by atoms with Gasteiger partial charge in [-0.2, -0.15) is 5.10 Å². The molecule has 2 aromatic heterocycles. The van der Waals surface area contributed by atoms with Crippen molar-refractivity contribution in [1.29, 1.82) is 0 Å². The maximum absolute atomic E-state index is 13.2. The lowest BCUT2D eigenvalue weighted by atomic mass is 10.3. The number of carbonyl (C=O) groups is 2. The molecule has 0 atom stereocenters. The molecule has 0 saturated heterocycles. The summed E-state index contributed by atoms with van der Waals surface area (Å²) < 4.78 is 60.2. The molecule has 176 valence electrons. The lowest BCUT2D eigenvalue weighted by Gasteiger charge is -2.10. The van der Waals surface area contributed by atoms with Gasteiger partial charge in [0.15, 0.2) is 6.61 Å². The number of nitrogens with zero attached hydrogens (tertiary/aromatic N) is 2. The quantitative estimate of drug-likeness (QED) is 0.294. The van der Waals surface area contributed by atoms with Crippen LogP contribution in [0.25, 0.3) is 15.9 Å². The first-order chi connectivity index (χ1) is 16.1. The van der Waals surface area contributed by atoms with Crippen LogP contribution in [-0.2, 0) is 9.53 Å². The first-order valence-corrected chi connectivity index (χ1v) is 10.5. The van der Waals surface area contributed by atoms with Crippen LogP contribution >= 0.6 is 11.3 Å². The van der Waals surface area contributed by atoms with E-state index < -0.39 is 30.6 Å². The normalized spacial score (nSPS) is 11.4. The maximum atomic E-state index is 13.2. The van der Waals surface area contributed by atoms with Gasteiger partial charge in [-0.25, -0.2) is 13.9 Å². The highest BCUT2D eigenvalue weighted by molar-refractivity contribution is 7.20. The highest BCUT2D eigenvalue weighted by Gasteiger charge is 2.31. The van der Waals surface area contributed by atoms with Crippen molar-refractivity contribution in [3.63, 3.8) is 0 Å². The van der Waals surface area contributed by atoms with Crippen LogP contribution in [0.2, 0.25) is 0 Å². The van der Waals surface area contributed by atoms with Crippen LogP contribution in [0.15, 0.2) is 54.6 Å². The Hall–Kier alpha value is -3.93. The van der Waals surface area contributed by atoms with E-state index in [0.717, 1.165) is 23.5 Å². The predicted molar refractivity (Wildman–Crippen MR) is 116 cm³/mol. The third-order valence-corrected chi connectivity index (χ3v) is 5.61. The maximum Gasteiger partial charge on any atom is 0.573 e. The minimum atomic E-state index is -4.82. The fraction of sp³-hybridized carbons (Fsp3) is 0.136. The third kappa shape index (κ3) is 5.34. The number of halogens is 4. The van der Waals surface area contributed by atoms with E-state index in [9.17, 15) is 27.2 Å². The number of aromatic nitrogens is 2. The van der Waals surface area contributed by atoms with E-state index >= 15 is 0 Å². The summed E-state index contributed by atoms with van der Waals surface area (Å²) in [6.45, 7) is 1.17. The molecule has 0 unspecified atom stereocenters. The first-order valence-electron chi connectivity index (χ1n) is 9.67. The number of anilines is 1. The van der Waals surface area contributed by atoms with Crippen LogP contribution in [-0.4, -0.2) is 34.6 Å². The molecule has 2 heterocycles. The molecule has 0 fully saturated rings. The molecule has 7 nitrogen and oxygen atoms in total. The number of benzene rings is 2. The van der Waals surface area contributed by atoms with E-state index in [1.165, 1.54) is 24.3 Å². The number of rotatable bonds is 6. The molecule has 0 aliphatic rings. The van der Waals surface area contributed by atoms with Gasteiger partial charge in [-0.3, -0.25) is 4.79 Å². The highest BCUT2D eigenvalue weighted by Crippen LogP contribution is 2.31. The van der Waals surface area contributed by atoms with Crippen molar-refractivity contribution in [1.82, 2.24) is 9.78 Å². The largest absolute Gasteiger partial charge is 0.573 e. The number of alkyl halides is 3. The summed E-state index contributed by atoms with van der Waals surface area (Å²) in [5.41, 5.74) is 1.48. The molecule has 34 heavy (non-hydrogen) atoms. The van der Waals surface area contributed by atoms with E-state index in [4.69, 9.17) is 4.74 Å². The Morgan fingerprint density at radius 3 is 2.41 bits per heavy atom. The van der Waals surface area contributed by atoms with Crippen molar-refractivity contribution in [3.8, 4) is 11.4 Å². The summed E-state index contributed by atoms with van der Waals surface area (Å²) in [5.74, 6) is -2.22. The highest BCUT2D eigenvalue weighted by atomic mass is 32.1. The smallest absolute Gasteiger partial charge is 0.451 e. The van der Waals surface area contributed by atoms with Gasteiger partial charge in [0, 0.05) is 11.1 Å². The van der Waals surface area contributed by atoms with Crippen molar-refractivity contribution in [2.45, 2.75) is 13.3 Å². The van der Waals surface area contributed by atoms with E-state index in [1.54, 1.807) is 29.8 Å². The Morgan fingerprint density at radius 1 is 1.09 bits per heavy atom. The van der Waals surface area contributed by atoms with E-state index in [1.807, 2.05) is 0 Å². The SMILES string of the molecule is Cc1nn(-c2ccc(F)cc2)c2sc(C(=O)OCC(=O)Nc3ccc(OC(F)(F)F)cc3)cc12. The van der Waals surface area contributed by atoms with Gasteiger partial charge in [-0.15, -0.1) is 24.5 Å². The summed E-state index contributed by atoms with van der Waals surface area (Å²) >= 11 is 1.11. The zero-order valence-electron chi connectivity index (χ0n) is 17.4. The van der Waals surface area contributed by atoms with Crippen LogP contribution in [0.3, 0.4) is 0 Å². The average molecular weight is 493 g/mol. The minimum absolute atomic E-state index is 0.201. The van der Waals surface area contributed by atoms with Crippen LogP contribution < -0.4 is 10.1 Å². The summed E-state index contributed by atoms with van der Waals surface area (Å²) in [5, 5.41) is 7.54. The Morgan fingerprint density at radius 2 is 1.76 bits per heavy atom. The van der Waals surface area contributed by atoms with Crippen molar-refractivity contribution in [3.05, 3.63) is 71.0 Å². The monoisotopic (exact) mass is 493 g/mol. The summed E-state index contributed by atoms with van der Waals surface area (Å²) in [6, 6.07) is 11.8. The van der Waals surface area contributed by atoms with Gasteiger partial charge >= 0.3 is 12.3 Å². The summed E-state index contributed by atoms with van der Waals surface area (Å²) in [4.78, 5) is 25.4. The molecule has 0 radical (unpaired) electrons. The number of hydrogen-bond donors (Lipinski definition) is 1. The predicted octanol–water partition coefficient (Wildman–Crippen LogP) is 5.23. The first kappa shape index (κ1) is 23.2. The third-order valence-electron chi connectivity index (χ3n) is 4.52. The molecule has 0 spiro atoms. The Balaban J connectivity index is 1.39. The Bertz CT molecular complexity index is 1350.